The van der Waals surface area contributed by atoms with Crippen molar-refractivity contribution in [2.75, 3.05) is 16.7 Å². The maximum atomic E-state index is 12.4. The fourth-order valence-electron chi connectivity index (χ4n) is 1.73. The lowest BCUT2D eigenvalue weighted by atomic mass is 10.2. The molecule has 2 aromatic rings. The molecule has 0 aliphatic carbocycles. The van der Waals surface area contributed by atoms with Gasteiger partial charge < -0.3 is 5.73 Å². The lowest BCUT2D eigenvalue weighted by Crippen LogP contribution is -2.13. The highest BCUT2D eigenvalue weighted by atomic mass is 35.5. The standard InChI is InChI=1S/C14H15ClN2O2S2/c1-9-13(15)7-12(8-14(9)16)21(18,19)17-10-4-3-5-11(6-10)20-2/h3-8,17H,16H2,1-2H3. The first-order chi connectivity index (χ1) is 9.83. The van der Waals surface area contributed by atoms with Gasteiger partial charge in [0.15, 0.2) is 0 Å². The fraction of sp³-hybridized carbons (Fsp3) is 0.143. The first-order valence-corrected chi connectivity index (χ1v) is 9.14. The Hall–Kier alpha value is -1.37. The molecule has 0 spiro atoms. The summed E-state index contributed by atoms with van der Waals surface area (Å²) in [4.78, 5) is 1.02. The summed E-state index contributed by atoms with van der Waals surface area (Å²) < 4.78 is 27.3. The predicted octanol–water partition coefficient (Wildman–Crippen LogP) is 3.75. The van der Waals surface area contributed by atoms with Gasteiger partial charge in [-0.15, -0.1) is 11.8 Å². The van der Waals surface area contributed by atoms with Crippen LogP contribution in [-0.4, -0.2) is 14.7 Å². The van der Waals surface area contributed by atoms with Crippen LogP contribution in [0.3, 0.4) is 0 Å². The minimum absolute atomic E-state index is 0.0464. The summed E-state index contributed by atoms with van der Waals surface area (Å²) in [6.45, 7) is 1.74. The average molecular weight is 343 g/mol. The van der Waals surface area contributed by atoms with E-state index in [1.54, 1.807) is 25.1 Å². The average Bonchev–Trinajstić information content (AvgIpc) is 2.44. The molecule has 0 aliphatic rings. The minimum atomic E-state index is -3.72. The Labute approximate surface area is 133 Å². The number of nitrogens with one attached hydrogen (secondary N) is 1. The topological polar surface area (TPSA) is 72.2 Å². The summed E-state index contributed by atoms with van der Waals surface area (Å²) in [7, 11) is -3.72. The number of nitrogen functional groups attached to an aromatic ring is 1. The Morgan fingerprint density at radius 2 is 1.95 bits per heavy atom. The van der Waals surface area contributed by atoms with Crippen LogP contribution in [0.1, 0.15) is 5.56 Å². The van der Waals surface area contributed by atoms with Crippen LogP contribution in [0.2, 0.25) is 5.02 Å². The Kier molecular flexibility index (Phi) is 4.70. The van der Waals surface area contributed by atoms with Crippen LogP contribution in [0.5, 0.6) is 0 Å². The molecule has 0 bridgehead atoms. The zero-order valence-corrected chi connectivity index (χ0v) is 13.9. The van der Waals surface area contributed by atoms with Gasteiger partial charge in [0.05, 0.1) is 4.90 Å². The molecule has 7 heteroatoms. The smallest absolute Gasteiger partial charge is 0.262 e. The molecule has 0 radical (unpaired) electrons. The number of anilines is 2. The zero-order chi connectivity index (χ0) is 15.6. The third kappa shape index (κ3) is 3.64. The van der Waals surface area contributed by atoms with E-state index in [2.05, 4.69) is 4.72 Å². The molecule has 0 aromatic heterocycles. The predicted molar refractivity (Wildman–Crippen MR) is 89.6 cm³/mol. The molecular weight excluding hydrogens is 328 g/mol. The van der Waals surface area contributed by atoms with Crippen molar-refractivity contribution in [3.63, 3.8) is 0 Å². The van der Waals surface area contributed by atoms with E-state index in [1.807, 2.05) is 12.3 Å². The summed E-state index contributed by atoms with van der Waals surface area (Å²) in [5.74, 6) is 0. The maximum Gasteiger partial charge on any atom is 0.262 e. The van der Waals surface area contributed by atoms with Crippen molar-refractivity contribution in [1.82, 2.24) is 0 Å². The Morgan fingerprint density at radius 1 is 1.24 bits per heavy atom. The van der Waals surface area contributed by atoms with Gasteiger partial charge in [-0.2, -0.15) is 0 Å². The lowest BCUT2D eigenvalue weighted by Gasteiger charge is -2.11. The van der Waals surface area contributed by atoms with E-state index >= 15 is 0 Å². The summed E-state index contributed by atoms with van der Waals surface area (Å²) >= 11 is 7.54. The van der Waals surface area contributed by atoms with Crippen molar-refractivity contribution < 1.29 is 8.42 Å². The number of thioether (sulfide) groups is 1. The Bertz CT molecular complexity index is 753. The van der Waals surface area contributed by atoms with Crippen LogP contribution in [0.15, 0.2) is 46.2 Å². The van der Waals surface area contributed by atoms with Gasteiger partial charge in [0.25, 0.3) is 10.0 Å². The number of benzene rings is 2. The molecule has 0 aliphatic heterocycles. The number of sulfonamides is 1. The van der Waals surface area contributed by atoms with Gasteiger partial charge in [-0.05, 0) is 49.1 Å². The first kappa shape index (κ1) is 16.0. The minimum Gasteiger partial charge on any atom is -0.398 e. The molecule has 2 aromatic carbocycles. The second-order valence-electron chi connectivity index (χ2n) is 4.46. The number of halogens is 1. The van der Waals surface area contributed by atoms with Crippen LogP contribution < -0.4 is 10.5 Å². The maximum absolute atomic E-state index is 12.4. The highest BCUT2D eigenvalue weighted by Crippen LogP contribution is 2.27. The number of hydrogen-bond acceptors (Lipinski definition) is 4. The fourth-order valence-corrected chi connectivity index (χ4v) is 3.59. The van der Waals surface area contributed by atoms with Crippen molar-refractivity contribution >= 4 is 44.8 Å². The van der Waals surface area contributed by atoms with Gasteiger partial charge >= 0.3 is 0 Å². The van der Waals surface area contributed by atoms with Crippen molar-refractivity contribution in [3.8, 4) is 0 Å². The molecule has 21 heavy (non-hydrogen) atoms. The molecule has 3 N–H and O–H groups in total. The van der Waals surface area contributed by atoms with E-state index in [9.17, 15) is 8.42 Å². The number of hydrogen-bond donors (Lipinski definition) is 2. The third-order valence-corrected chi connectivity index (χ3v) is 5.47. The summed E-state index contributed by atoms with van der Waals surface area (Å²) in [5.41, 5.74) is 7.29. The normalized spacial score (nSPS) is 11.4. The van der Waals surface area contributed by atoms with Crippen LogP contribution in [0, 0.1) is 6.92 Å². The zero-order valence-electron chi connectivity index (χ0n) is 11.6. The van der Waals surface area contributed by atoms with Crippen LogP contribution in [-0.2, 0) is 10.0 Å². The lowest BCUT2D eigenvalue weighted by molar-refractivity contribution is 0.601. The van der Waals surface area contributed by atoms with E-state index in [-0.39, 0.29) is 4.90 Å². The molecule has 4 nitrogen and oxygen atoms in total. The summed E-state index contributed by atoms with van der Waals surface area (Å²) in [5, 5.41) is 0.327. The molecule has 2 rings (SSSR count). The van der Waals surface area contributed by atoms with E-state index in [4.69, 9.17) is 17.3 Å². The molecule has 0 saturated carbocycles. The largest absolute Gasteiger partial charge is 0.398 e. The molecule has 0 unspecified atom stereocenters. The summed E-state index contributed by atoms with van der Waals surface area (Å²) in [6, 6.07) is 9.96. The van der Waals surface area contributed by atoms with Gasteiger partial charge in [-0.1, -0.05) is 17.7 Å². The molecule has 0 saturated heterocycles. The third-order valence-electron chi connectivity index (χ3n) is 2.99. The van der Waals surface area contributed by atoms with Crippen LogP contribution in [0.25, 0.3) is 0 Å². The molecule has 0 fully saturated rings. The van der Waals surface area contributed by atoms with E-state index in [0.717, 1.165) is 4.90 Å². The van der Waals surface area contributed by atoms with Crippen LogP contribution in [0.4, 0.5) is 11.4 Å². The van der Waals surface area contributed by atoms with Crippen molar-refractivity contribution in [2.24, 2.45) is 0 Å². The Balaban J connectivity index is 2.38. The van der Waals surface area contributed by atoms with E-state index < -0.39 is 10.0 Å². The van der Waals surface area contributed by atoms with Gasteiger partial charge in [-0.3, -0.25) is 4.72 Å². The van der Waals surface area contributed by atoms with Gasteiger partial charge in [0, 0.05) is 21.3 Å². The molecule has 0 amide bonds. The number of rotatable bonds is 4. The van der Waals surface area contributed by atoms with Crippen LogP contribution >= 0.6 is 23.4 Å². The Morgan fingerprint density at radius 3 is 2.57 bits per heavy atom. The SMILES string of the molecule is CSc1cccc(NS(=O)(=O)c2cc(N)c(C)c(Cl)c2)c1. The first-order valence-electron chi connectivity index (χ1n) is 6.06. The van der Waals surface area contributed by atoms with E-state index in [1.165, 1.54) is 23.9 Å². The van der Waals surface area contributed by atoms with Crippen molar-refractivity contribution in [2.45, 2.75) is 16.7 Å². The van der Waals surface area contributed by atoms with Crippen molar-refractivity contribution in [3.05, 3.63) is 47.0 Å². The second-order valence-corrected chi connectivity index (χ2v) is 7.43. The molecule has 112 valence electrons. The molecular formula is C14H15ClN2O2S2. The quantitative estimate of drug-likeness (QED) is 0.655. The van der Waals surface area contributed by atoms with Gasteiger partial charge in [0.1, 0.15) is 0 Å². The molecule has 0 heterocycles. The highest BCUT2D eigenvalue weighted by molar-refractivity contribution is 7.98. The van der Waals surface area contributed by atoms with E-state index in [0.29, 0.717) is 22.0 Å². The highest BCUT2D eigenvalue weighted by Gasteiger charge is 2.17. The van der Waals surface area contributed by atoms with Gasteiger partial charge in [-0.25, -0.2) is 8.42 Å². The molecule has 0 atom stereocenters. The second kappa shape index (κ2) is 6.17. The van der Waals surface area contributed by atoms with Crippen molar-refractivity contribution in [1.29, 1.82) is 0 Å². The monoisotopic (exact) mass is 342 g/mol. The number of nitrogens with two attached hydrogens (primary N) is 1. The van der Waals surface area contributed by atoms with Gasteiger partial charge in [0.2, 0.25) is 0 Å². The summed E-state index contributed by atoms with van der Waals surface area (Å²) in [6.07, 6.45) is 1.92.